The van der Waals surface area contributed by atoms with E-state index in [9.17, 15) is 4.39 Å². The Labute approximate surface area is 355 Å². The van der Waals surface area contributed by atoms with Crippen LogP contribution < -0.4 is 0 Å². The molecule has 4 heterocycles. The van der Waals surface area contributed by atoms with Crippen molar-refractivity contribution in [2.45, 2.75) is 120 Å². The van der Waals surface area contributed by atoms with E-state index in [1.807, 2.05) is 131 Å². The lowest BCUT2D eigenvalue weighted by Gasteiger charge is -1.96. The second-order valence-corrected chi connectivity index (χ2v) is 13.3. The number of aryl methyl sites for hydroxylation is 12. The highest BCUT2D eigenvalue weighted by Gasteiger charge is 1.94. The van der Waals surface area contributed by atoms with Crippen molar-refractivity contribution in [2.75, 3.05) is 0 Å². The first kappa shape index (κ1) is 60.8. The van der Waals surface area contributed by atoms with Crippen molar-refractivity contribution >= 4 is 27.5 Å². The monoisotopic (exact) mass is 852 g/mol. The van der Waals surface area contributed by atoms with Crippen molar-refractivity contribution in [3.8, 4) is 0 Å². The van der Waals surface area contributed by atoms with E-state index in [0.717, 1.165) is 54.9 Å². The van der Waals surface area contributed by atoms with E-state index in [0.29, 0.717) is 5.56 Å². The molecule has 0 saturated carbocycles. The topological polar surface area (TPSA) is 77.3 Å². The molecule has 0 aliphatic heterocycles. The van der Waals surface area contributed by atoms with Crippen LogP contribution in [0.25, 0.3) is 0 Å². The zero-order chi connectivity index (χ0) is 38.5. The number of hydrogen-bond donors (Lipinski definition) is 0. The van der Waals surface area contributed by atoms with Crippen LogP contribution in [0.1, 0.15) is 105 Å². The molecule has 2 aromatic carbocycles. The third-order valence-corrected chi connectivity index (χ3v) is 7.94. The van der Waals surface area contributed by atoms with Gasteiger partial charge in [-0.1, -0.05) is 85.1 Å². The predicted octanol–water partition coefficient (Wildman–Crippen LogP) is 14.9. The van der Waals surface area contributed by atoms with Crippen LogP contribution in [-0.2, 0) is 0 Å². The summed E-state index contributed by atoms with van der Waals surface area (Å²) in [7, 11) is 0. The molecule has 0 bridgehead atoms. The first-order chi connectivity index (χ1) is 24.0. The van der Waals surface area contributed by atoms with E-state index < -0.39 is 0 Å². The lowest BCUT2D eigenvalue weighted by atomic mass is 10.2. The molecule has 0 fully saturated rings. The fourth-order valence-corrected chi connectivity index (χ4v) is 4.10. The second-order valence-electron chi connectivity index (χ2n) is 12.2. The van der Waals surface area contributed by atoms with Crippen molar-refractivity contribution in [1.29, 1.82) is 0 Å². The largest absolute Gasteiger partial charge is 0.261 e. The van der Waals surface area contributed by atoms with Crippen LogP contribution >= 0.6 is 27.5 Å². The summed E-state index contributed by atoms with van der Waals surface area (Å²) < 4.78 is 13.5. The molecule has 6 nitrogen and oxygen atoms in total. The van der Waals surface area contributed by atoms with E-state index >= 15 is 0 Å². The molecule has 0 saturated heterocycles. The van der Waals surface area contributed by atoms with Gasteiger partial charge in [-0.05, 0) is 169 Å². The van der Waals surface area contributed by atoms with Gasteiger partial charge in [-0.2, -0.15) is 10.2 Å². The Balaban J connectivity index is -0.000000183. The van der Waals surface area contributed by atoms with Gasteiger partial charge in [0.2, 0.25) is 0 Å². The van der Waals surface area contributed by atoms with E-state index in [1.165, 1.54) is 22.8 Å². The van der Waals surface area contributed by atoms with Gasteiger partial charge in [0.1, 0.15) is 10.4 Å². The number of rotatable bonds is 0. The van der Waals surface area contributed by atoms with Crippen molar-refractivity contribution in [3.63, 3.8) is 0 Å². The molecule has 0 atom stereocenters. The average Bonchev–Trinajstić information content (AvgIpc) is 3.08. The summed E-state index contributed by atoms with van der Waals surface area (Å²) in [6, 6.07) is 23.3. The molecule has 6 rings (SSSR count). The minimum absolute atomic E-state index is 0. The van der Waals surface area contributed by atoms with Gasteiger partial charge in [0.25, 0.3) is 0 Å². The molecule has 0 spiro atoms. The third-order valence-electron chi connectivity index (χ3n) is 6.73. The van der Waals surface area contributed by atoms with Crippen molar-refractivity contribution in [1.82, 2.24) is 30.1 Å². The third kappa shape index (κ3) is 28.1. The SMILES string of the molecule is C.C.C.C.C.Cc1ccc(C)c(Br)n1.Cc1ccc(C)c(Cl)c1.Cc1ccc(C)c(F)c1.Cc1ccc(C)nc1.Cc1ccc(C)nn1.Cc1cnc(C)cn1. The molecule has 6 aromatic rings. The summed E-state index contributed by atoms with van der Waals surface area (Å²) in [5.74, 6) is -0.116. The van der Waals surface area contributed by atoms with Crippen LogP contribution in [0.4, 0.5) is 4.39 Å². The van der Waals surface area contributed by atoms with E-state index in [1.54, 1.807) is 25.4 Å². The zero-order valence-corrected chi connectivity index (χ0v) is 34.3. The maximum absolute atomic E-state index is 12.6. The minimum atomic E-state index is -0.116. The standard InChI is InChI=1S/C8H9Cl.C8H9F.C7H8BrN.C7H9N.2C6H8N2.5CH4/c2*1-6-3-4-7(2)8(9)5-6;1-5-3-4-6(2)9-7(5)8;1-6-3-4-7(2)8-5-6;1-5-3-8-6(2)4-7-5;1-5-3-4-6(2)8-7-5;;;;;/h2*3-5H,1-2H3;3-4H,1-2H3;3-5H,1-2H3;2*3-4H,1-2H3;5*1H4. The maximum atomic E-state index is 12.6. The first-order valence-electron chi connectivity index (χ1n) is 16.4. The Morgan fingerprint density at radius 1 is 0.429 bits per heavy atom. The van der Waals surface area contributed by atoms with Crippen molar-refractivity contribution in [2.24, 2.45) is 0 Å². The highest BCUT2D eigenvalue weighted by molar-refractivity contribution is 9.10. The predicted molar refractivity (Wildman–Crippen MR) is 249 cm³/mol. The molecular weight excluding hydrogens is 783 g/mol. The van der Waals surface area contributed by atoms with Gasteiger partial charge in [0.15, 0.2) is 0 Å². The zero-order valence-electron chi connectivity index (χ0n) is 32.0. The summed E-state index contributed by atoms with van der Waals surface area (Å²) >= 11 is 9.15. The van der Waals surface area contributed by atoms with Crippen LogP contribution in [0.5, 0.6) is 0 Å². The average molecular weight is 854 g/mol. The number of pyridine rings is 2. The van der Waals surface area contributed by atoms with Crippen LogP contribution in [0.2, 0.25) is 5.02 Å². The summed E-state index contributed by atoms with van der Waals surface area (Å²) in [4.78, 5) is 16.3. The smallest absolute Gasteiger partial charge is 0.126 e. The lowest BCUT2D eigenvalue weighted by molar-refractivity contribution is 0.617. The summed E-state index contributed by atoms with van der Waals surface area (Å²) in [5, 5.41) is 8.51. The number of aromatic nitrogens is 6. The number of benzene rings is 2. The molecule has 0 aliphatic rings. The molecule has 310 valence electrons. The molecule has 0 N–H and O–H groups in total. The number of nitrogens with zero attached hydrogens (tertiary/aromatic N) is 6. The lowest BCUT2D eigenvalue weighted by Crippen LogP contribution is -1.86. The first-order valence-corrected chi connectivity index (χ1v) is 17.6. The number of halogens is 3. The van der Waals surface area contributed by atoms with Gasteiger partial charge in [-0.3, -0.25) is 15.0 Å². The van der Waals surface area contributed by atoms with Crippen molar-refractivity contribution in [3.05, 3.63) is 174 Å². The minimum Gasteiger partial charge on any atom is -0.261 e. The fraction of sp³-hybridized carbons (Fsp3) is 0.362. The van der Waals surface area contributed by atoms with Crippen molar-refractivity contribution < 1.29 is 4.39 Å². The van der Waals surface area contributed by atoms with Gasteiger partial charge in [-0.15, -0.1) is 0 Å². The Morgan fingerprint density at radius 3 is 1.14 bits per heavy atom. The van der Waals surface area contributed by atoms with E-state index in [4.69, 9.17) is 11.6 Å². The summed E-state index contributed by atoms with van der Waals surface area (Å²) in [6.45, 7) is 23.4. The molecule has 9 heteroatoms. The normalized spacial score (nSPS) is 8.62. The second kappa shape index (κ2) is 32.8. The van der Waals surface area contributed by atoms with Crippen LogP contribution in [0, 0.1) is 88.9 Å². The van der Waals surface area contributed by atoms with E-state index in [-0.39, 0.29) is 43.0 Å². The molecule has 0 aliphatic carbocycles. The molecule has 4 aromatic heterocycles. The fourth-order valence-electron chi connectivity index (χ4n) is 3.45. The van der Waals surface area contributed by atoms with E-state index in [2.05, 4.69) is 58.2 Å². The maximum Gasteiger partial charge on any atom is 0.126 e. The molecule has 56 heavy (non-hydrogen) atoms. The Hall–Kier alpha value is -4.40. The molecule has 0 amide bonds. The molecule has 0 unspecified atom stereocenters. The van der Waals surface area contributed by atoms with Crippen LogP contribution in [0.3, 0.4) is 0 Å². The van der Waals surface area contributed by atoms with Gasteiger partial charge >= 0.3 is 0 Å². The molecule has 0 radical (unpaired) electrons. The Bertz CT molecular complexity index is 1600. The number of hydrogen-bond acceptors (Lipinski definition) is 6. The Morgan fingerprint density at radius 2 is 0.821 bits per heavy atom. The Kier molecular flexibility index (Phi) is 35.6. The van der Waals surface area contributed by atoms with Gasteiger partial charge < -0.3 is 0 Å². The molecular formula is C47H71BrClFN6. The summed E-state index contributed by atoms with van der Waals surface area (Å²) in [6.07, 6.45) is 5.39. The highest BCUT2D eigenvalue weighted by atomic mass is 79.9. The highest BCUT2D eigenvalue weighted by Crippen LogP contribution is 2.15. The van der Waals surface area contributed by atoms with Gasteiger partial charge in [-0.25, -0.2) is 9.37 Å². The van der Waals surface area contributed by atoms with Crippen LogP contribution in [0.15, 0.2) is 96.0 Å². The summed E-state index contributed by atoms with van der Waals surface area (Å²) in [5.41, 5.74) is 12.4. The quantitative estimate of drug-likeness (QED) is 0.142. The van der Waals surface area contributed by atoms with Gasteiger partial charge in [0, 0.05) is 35.0 Å². The van der Waals surface area contributed by atoms with Crippen LogP contribution in [-0.4, -0.2) is 30.1 Å². The van der Waals surface area contributed by atoms with Gasteiger partial charge in [0.05, 0.1) is 22.8 Å².